The third-order valence-electron chi connectivity index (χ3n) is 4.82. The van der Waals surface area contributed by atoms with Gasteiger partial charge in [-0.3, -0.25) is 4.90 Å². The Balaban J connectivity index is 1.35. The van der Waals surface area contributed by atoms with Crippen molar-refractivity contribution < 1.29 is 4.74 Å². The summed E-state index contributed by atoms with van der Waals surface area (Å²) in [5.74, 6) is 0. The second-order valence-electron chi connectivity index (χ2n) is 6.40. The second-order valence-corrected chi connectivity index (χ2v) is 7.65. The van der Waals surface area contributed by atoms with Crippen molar-refractivity contribution in [3.63, 3.8) is 0 Å². The maximum atomic E-state index is 5.90. The van der Waals surface area contributed by atoms with Gasteiger partial charge in [-0.15, -0.1) is 11.3 Å². The Bertz CT molecular complexity index is 457. The fraction of sp³-hybridized carbons (Fsp3) is 0.750. The lowest BCUT2D eigenvalue weighted by Crippen LogP contribution is -2.47. The van der Waals surface area contributed by atoms with Gasteiger partial charge in [0.1, 0.15) is 0 Å². The van der Waals surface area contributed by atoms with Gasteiger partial charge in [0.05, 0.1) is 12.7 Å². The summed E-state index contributed by atoms with van der Waals surface area (Å²) in [5.41, 5.74) is 0. The summed E-state index contributed by atoms with van der Waals surface area (Å²) in [7, 11) is 0. The Morgan fingerprint density at radius 3 is 3.00 bits per heavy atom. The topological polar surface area (TPSA) is 24.5 Å². The highest BCUT2D eigenvalue weighted by Crippen LogP contribution is 2.31. The van der Waals surface area contributed by atoms with Crippen LogP contribution in [0.15, 0.2) is 12.1 Å². The van der Waals surface area contributed by atoms with Crippen molar-refractivity contribution in [1.82, 2.24) is 10.2 Å². The lowest BCUT2D eigenvalue weighted by atomic mass is 10.1. The number of hydrogen-bond acceptors (Lipinski definition) is 4. The summed E-state index contributed by atoms with van der Waals surface area (Å²) in [6, 6.07) is 6.12. The first-order valence-electron chi connectivity index (χ1n) is 8.05. The van der Waals surface area contributed by atoms with Crippen molar-refractivity contribution in [2.24, 2.45) is 0 Å². The molecule has 3 fully saturated rings. The number of nitrogens with one attached hydrogen (secondary N) is 1. The molecule has 1 N–H and O–H groups in total. The highest BCUT2D eigenvalue weighted by Gasteiger charge is 2.35. The van der Waals surface area contributed by atoms with E-state index in [4.69, 9.17) is 4.74 Å². The number of thiophene rings is 1. The molecular formula is C16H24N2OS. The number of hydrogen-bond donors (Lipinski definition) is 1. The molecule has 4 heteroatoms. The molecule has 1 saturated heterocycles. The molecule has 0 spiro atoms. The molecule has 2 heterocycles. The minimum atomic E-state index is 0.514. The quantitative estimate of drug-likeness (QED) is 0.903. The van der Waals surface area contributed by atoms with E-state index in [0.717, 1.165) is 32.3 Å². The van der Waals surface area contributed by atoms with Crippen molar-refractivity contribution in [2.45, 2.75) is 63.4 Å². The van der Waals surface area contributed by atoms with Crippen LogP contribution >= 0.6 is 11.3 Å². The lowest BCUT2D eigenvalue weighted by Gasteiger charge is -2.37. The Morgan fingerprint density at radius 2 is 2.10 bits per heavy atom. The Hall–Kier alpha value is -0.420. The monoisotopic (exact) mass is 292 g/mol. The van der Waals surface area contributed by atoms with Crippen molar-refractivity contribution in [3.05, 3.63) is 21.9 Å². The van der Waals surface area contributed by atoms with Crippen LogP contribution in [-0.4, -0.2) is 36.2 Å². The average Bonchev–Trinajstić information content (AvgIpc) is 2.98. The predicted octanol–water partition coefficient (Wildman–Crippen LogP) is 2.75. The van der Waals surface area contributed by atoms with Gasteiger partial charge in [0.2, 0.25) is 0 Å². The maximum absolute atomic E-state index is 5.90. The van der Waals surface area contributed by atoms with Gasteiger partial charge in [0, 0.05) is 41.5 Å². The zero-order valence-corrected chi connectivity index (χ0v) is 12.8. The Kier molecular flexibility index (Phi) is 3.82. The zero-order valence-electron chi connectivity index (χ0n) is 12.0. The SMILES string of the molecule is c1cc(CN2CCOC3CCCC32)sc1CNC1CC1. The van der Waals surface area contributed by atoms with E-state index in [2.05, 4.69) is 22.3 Å². The van der Waals surface area contributed by atoms with Crippen LogP contribution in [0.1, 0.15) is 41.9 Å². The minimum absolute atomic E-state index is 0.514. The molecule has 20 heavy (non-hydrogen) atoms. The van der Waals surface area contributed by atoms with Gasteiger partial charge in [0.15, 0.2) is 0 Å². The largest absolute Gasteiger partial charge is 0.375 e. The van der Waals surface area contributed by atoms with E-state index in [1.54, 1.807) is 0 Å². The molecule has 2 saturated carbocycles. The van der Waals surface area contributed by atoms with Crippen molar-refractivity contribution in [2.75, 3.05) is 13.2 Å². The van der Waals surface area contributed by atoms with Crippen LogP contribution in [0.4, 0.5) is 0 Å². The maximum Gasteiger partial charge on any atom is 0.0731 e. The number of morpholine rings is 1. The molecule has 4 rings (SSSR count). The van der Waals surface area contributed by atoms with Gasteiger partial charge in [-0.25, -0.2) is 0 Å². The molecule has 0 amide bonds. The van der Waals surface area contributed by atoms with E-state index in [-0.39, 0.29) is 0 Å². The molecule has 0 bridgehead atoms. The number of fused-ring (bicyclic) bond motifs is 1. The Labute approximate surface area is 125 Å². The summed E-state index contributed by atoms with van der Waals surface area (Å²) < 4.78 is 5.90. The molecule has 2 unspecified atom stereocenters. The fourth-order valence-corrected chi connectivity index (χ4v) is 4.53. The van der Waals surface area contributed by atoms with Crippen LogP contribution in [0.5, 0.6) is 0 Å². The first kappa shape index (κ1) is 13.3. The van der Waals surface area contributed by atoms with E-state index in [1.165, 1.54) is 41.9 Å². The summed E-state index contributed by atoms with van der Waals surface area (Å²) in [6.45, 7) is 4.21. The molecule has 3 aliphatic rings. The fourth-order valence-electron chi connectivity index (χ4n) is 3.54. The number of nitrogens with zero attached hydrogens (tertiary/aromatic N) is 1. The van der Waals surface area contributed by atoms with Crippen molar-refractivity contribution in [1.29, 1.82) is 0 Å². The van der Waals surface area contributed by atoms with E-state index >= 15 is 0 Å². The first-order chi connectivity index (χ1) is 9.88. The van der Waals surface area contributed by atoms with Gasteiger partial charge in [-0.1, -0.05) is 0 Å². The predicted molar refractivity (Wildman–Crippen MR) is 82.0 cm³/mol. The van der Waals surface area contributed by atoms with Crippen LogP contribution in [0.25, 0.3) is 0 Å². The molecular weight excluding hydrogens is 268 g/mol. The first-order valence-corrected chi connectivity index (χ1v) is 8.87. The van der Waals surface area contributed by atoms with E-state index < -0.39 is 0 Å². The van der Waals surface area contributed by atoms with Gasteiger partial charge >= 0.3 is 0 Å². The van der Waals surface area contributed by atoms with E-state index in [0.29, 0.717) is 12.1 Å². The zero-order chi connectivity index (χ0) is 13.4. The van der Waals surface area contributed by atoms with Crippen LogP contribution in [0.3, 0.4) is 0 Å². The second kappa shape index (κ2) is 5.76. The van der Waals surface area contributed by atoms with Gasteiger partial charge < -0.3 is 10.1 Å². The van der Waals surface area contributed by atoms with Crippen LogP contribution < -0.4 is 5.32 Å². The van der Waals surface area contributed by atoms with Gasteiger partial charge in [-0.05, 0) is 44.2 Å². The average molecular weight is 292 g/mol. The number of rotatable bonds is 5. The van der Waals surface area contributed by atoms with E-state index in [9.17, 15) is 0 Å². The van der Waals surface area contributed by atoms with E-state index in [1.807, 2.05) is 11.3 Å². The highest BCUT2D eigenvalue weighted by molar-refractivity contribution is 7.11. The molecule has 110 valence electrons. The minimum Gasteiger partial charge on any atom is -0.375 e. The van der Waals surface area contributed by atoms with Crippen molar-refractivity contribution in [3.8, 4) is 0 Å². The van der Waals surface area contributed by atoms with Gasteiger partial charge in [-0.2, -0.15) is 0 Å². The summed E-state index contributed by atoms with van der Waals surface area (Å²) in [6.07, 6.45) is 7.19. The standard InChI is InChI=1S/C16H24N2OS/c1-2-15-16(3-1)19-9-8-18(15)11-14-7-6-13(20-14)10-17-12-4-5-12/h6-7,12,15-17H,1-5,8-11H2. The summed E-state index contributed by atoms with van der Waals surface area (Å²) in [4.78, 5) is 5.67. The van der Waals surface area contributed by atoms with Crippen LogP contribution in [0, 0.1) is 0 Å². The molecule has 2 atom stereocenters. The molecule has 3 nitrogen and oxygen atoms in total. The Morgan fingerprint density at radius 1 is 1.20 bits per heavy atom. The smallest absolute Gasteiger partial charge is 0.0731 e. The molecule has 0 aromatic carbocycles. The van der Waals surface area contributed by atoms with Crippen molar-refractivity contribution >= 4 is 11.3 Å². The summed E-state index contributed by atoms with van der Waals surface area (Å²) >= 11 is 1.99. The molecule has 1 aromatic heterocycles. The third-order valence-corrected chi connectivity index (χ3v) is 5.89. The molecule has 2 aliphatic carbocycles. The molecule has 0 radical (unpaired) electrons. The number of ether oxygens (including phenoxy) is 1. The van der Waals surface area contributed by atoms with Gasteiger partial charge in [0.25, 0.3) is 0 Å². The summed E-state index contributed by atoms with van der Waals surface area (Å²) in [5, 5.41) is 3.60. The van der Waals surface area contributed by atoms with Crippen LogP contribution in [-0.2, 0) is 17.8 Å². The van der Waals surface area contributed by atoms with Crippen LogP contribution in [0.2, 0.25) is 0 Å². The third kappa shape index (κ3) is 2.93. The molecule has 1 aromatic rings. The lowest BCUT2D eigenvalue weighted by molar-refractivity contribution is -0.0584. The highest BCUT2D eigenvalue weighted by atomic mass is 32.1. The molecule has 1 aliphatic heterocycles. The normalized spacial score (nSPS) is 30.6.